The van der Waals surface area contributed by atoms with Crippen molar-refractivity contribution < 1.29 is 4.74 Å². The highest BCUT2D eigenvalue weighted by molar-refractivity contribution is 5.37. The van der Waals surface area contributed by atoms with Gasteiger partial charge in [0.15, 0.2) is 0 Å². The Labute approximate surface area is 79.7 Å². The molecule has 0 saturated heterocycles. The molecule has 0 bridgehead atoms. The van der Waals surface area contributed by atoms with Gasteiger partial charge in [-0.2, -0.15) is 0 Å². The van der Waals surface area contributed by atoms with Crippen LogP contribution < -0.4 is 0 Å². The van der Waals surface area contributed by atoms with E-state index < -0.39 is 0 Å². The number of benzene rings is 1. The van der Waals surface area contributed by atoms with Gasteiger partial charge >= 0.3 is 0 Å². The average molecular weight is 176 g/mol. The van der Waals surface area contributed by atoms with Crippen molar-refractivity contribution in [2.24, 2.45) is 0 Å². The summed E-state index contributed by atoms with van der Waals surface area (Å²) < 4.78 is 5.49. The molecule has 1 heterocycles. The molecule has 0 amide bonds. The molecule has 13 heavy (non-hydrogen) atoms. The van der Waals surface area contributed by atoms with E-state index in [1.54, 1.807) is 0 Å². The second-order valence-electron chi connectivity index (χ2n) is 3.94. The first kappa shape index (κ1) is 8.76. The maximum Gasteiger partial charge on any atom is 0.0722 e. The minimum absolute atomic E-state index is 0.608. The Morgan fingerprint density at radius 3 is 2.92 bits per heavy atom. The Kier molecular flexibility index (Phi) is 2.36. The molecule has 1 aliphatic heterocycles. The van der Waals surface area contributed by atoms with E-state index in [0.717, 1.165) is 19.6 Å². The Bertz CT molecular complexity index is 302. The molecule has 0 unspecified atom stereocenters. The zero-order valence-electron chi connectivity index (χ0n) is 8.34. The van der Waals surface area contributed by atoms with Crippen molar-refractivity contribution in [3.63, 3.8) is 0 Å². The molecule has 0 saturated carbocycles. The van der Waals surface area contributed by atoms with Crippen LogP contribution in [0.25, 0.3) is 0 Å². The lowest BCUT2D eigenvalue weighted by molar-refractivity contribution is 0.110. The van der Waals surface area contributed by atoms with Crippen LogP contribution in [0.1, 0.15) is 36.5 Å². The summed E-state index contributed by atoms with van der Waals surface area (Å²) in [6.07, 6.45) is 1.08. The summed E-state index contributed by atoms with van der Waals surface area (Å²) in [4.78, 5) is 0. The van der Waals surface area contributed by atoms with E-state index in [-0.39, 0.29) is 0 Å². The predicted octanol–water partition coefficient (Wildman–Crippen LogP) is 2.88. The summed E-state index contributed by atoms with van der Waals surface area (Å²) in [5, 5.41) is 0. The Hall–Kier alpha value is -0.820. The van der Waals surface area contributed by atoms with E-state index in [9.17, 15) is 0 Å². The average Bonchev–Trinajstić information content (AvgIpc) is 2.17. The molecular formula is C12H16O. The summed E-state index contributed by atoms with van der Waals surface area (Å²) in [5.41, 5.74) is 4.37. The van der Waals surface area contributed by atoms with Crippen molar-refractivity contribution in [2.75, 3.05) is 6.61 Å². The third-order valence-electron chi connectivity index (χ3n) is 2.69. The number of rotatable bonds is 1. The van der Waals surface area contributed by atoms with Gasteiger partial charge < -0.3 is 4.74 Å². The van der Waals surface area contributed by atoms with Crippen LogP contribution in [0.2, 0.25) is 0 Å². The normalized spacial score (nSPS) is 15.9. The van der Waals surface area contributed by atoms with E-state index >= 15 is 0 Å². The van der Waals surface area contributed by atoms with E-state index in [1.807, 2.05) is 0 Å². The minimum atomic E-state index is 0.608. The zero-order chi connectivity index (χ0) is 9.26. The highest BCUT2D eigenvalue weighted by Gasteiger charge is 2.14. The maximum atomic E-state index is 5.49. The van der Waals surface area contributed by atoms with Gasteiger partial charge in [-0.25, -0.2) is 0 Å². The summed E-state index contributed by atoms with van der Waals surface area (Å²) in [6.45, 7) is 6.17. The van der Waals surface area contributed by atoms with Crippen molar-refractivity contribution >= 4 is 0 Å². The number of ether oxygens (including phenoxy) is 1. The lowest BCUT2D eigenvalue weighted by Gasteiger charge is -2.21. The fraction of sp³-hybridized carbons (Fsp3) is 0.500. The van der Waals surface area contributed by atoms with Crippen molar-refractivity contribution in [1.82, 2.24) is 0 Å². The van der Waals surface area contributed by atoms with Crippen molar-refractivity contribution in [3.8, 4) is 0 Å². The summed E-state index contributed by atoms with van der Waals surface area (Å²) in [6, 6.07) is 6.61. The standard InChI is InChI=1S/C12H16O/c1-9(2)11-5-3-4-10-6-7-13-8-12(10)11/h3-5,9H,6-8H2,1-2H3. The van der Waals surface area contributed by atoms with Gasteiger partial charge in [-0.15, -0.1) is 0 Å². The number of hydrogen-bond donors (Lipinski definition) is 0. The lowest BCUT2D eigenvalue weighted by atomic mass is 9.92. The van der Waals surface area contributed by atoms with Gasteiger partial charge in [0.05, 0.1) is 13.2 Å². The molecule has 1 nitrogen and oxygen atoms in total. The molecule has 1 aromatic carbocycles. The monoisotopic (exact) mass is 176 g/mol. The molecule has 2 rings (SSSR count). The van der Waals surface area contributed by atoms with Crippen LogP contribution in [0.4, 0.5) is 0 Å². The third kappa shape index (κ3) is 1.61. The van der Waals surface area contributed by atoms with Crippen molar-refractivity contribution in [1.29, 1.82) is 0 Å². The van der Waals surface area contributed by atoms with Crippen LogP contribution >= 0.6 is 0 Å². The number of fused-ring (bicyclic) bond motifs is 1. The highest BCUT2D eigenvalue weighted by Crippen LogP contribution is 2.26. The molecule has 0 aliphatic carbocycles. The maximum absolute atomic E-state index is 5.49. The molecule has 70 valence electrons. The molecule has 0 aromatic heterocycles. The van der Waals surface area contributed by atoms with Gasteiger partial charge in [0.1, 0.15) is 0 Å². The van der Waals surface area contributed by atoms with Gasteiger partial charge in [0.2, 0.25) is 0 Å². The lowest BCUT2D eigenvalue weighted by Crippen LogP contribution is -2.12. The summed E-state index contributed by atoms with van der Waals surface area (Å²) >= 11 is 0. The van der Waals surface area contributed by atoms with E-state index in [0.29, 0.717) is 5.92 Å². The molecule has 0 atom stereocenters. The molecule has 0 radical (unpaired) electrons. The second-order valence-corrected chi connectivity index (χ2v) is 3.94. The molecule has 1 aromatic rings. The molecule has 0 fully saturated rings. The van der Waals surface area contributed by atoms with E-state index in [2.05, 4.69) is 32.0 Å². The molecule has 0 N–H and O–H groups in total. The van der Waals surface area contributed by atoms with Crippen LogP contribution in [-0.4, -0.2) is 6.61 Å². The van der Waals surface area contributed by atoms with E-state index in [4.69, 9.17) is 4.74 Å². The quantitative estimate of drug-likeness (QED) is 0.639. The van der Waals surface area contributed by atoms with Crippen molar-refractivity contribution in [2.45, 2.75) is 32.8 Å². The van der Waals surface area contributed by atoms with Gasteiger partial charge in [0, 0.05) is 0 Å². The van der Waals surface area contributed by atoms with Crippen LogP contribution in [0.5, 0.6) is 0 Å². The van der Waals surface area contributed by atoms with E-state index in [1.165, 1.54) is 16.7 Å². The SMILES string of the molecule is CC(C)c1cccc2c1COCC2. The first-order valence-corrected chi connectivity index (χ1v) is 4.97. The molecule has 1 heteroatoms. The topological polar surface area (TPSA) is 9.23 Å². The molecular weight excluding hydrogens is 160 g/mol. The highest BCUT2D eigenvalue weighted by atomic mass is 16.5. The van der Waals surface area contributed by atoms with Crippen LogP contribution in [0.15, 0.2) is 18.2 Å². The molecule has 0 spiro atoms. The third-order valence-corrected chi connectivity index (χ3v) is 2.69. The van der Waals surface area contributed by atoms with Crippen molar-refractivity contribution in [3.05, 3.63) is 34.9 Å². The van der Waals surface area contributed by atoms with Crippen LogP contribution in [0, 0.1) is 0 Å². The first-order chi connectivity index (χ1) is 6.29. The van der Waals surface area contributed by atoms with Gasteiger partial charge in [0.25, 0.3) is 0 Å². The zero-order valence-corrected chi connectivity index (χ0v) is 8.34. The fourth-order valence-corrected chi connectivity index (χ4v) is 1.96. The first-order valence-electron chi connectivity index (χ1n) is 4.97. The van der Waals surface area contributed by atoms with Gasteiger partial charge in [-0.3, -0.25) is 0 Å². The Morgan fingerprint density at radius 1 is 1.31 bits per heavy atom. The molecule has 1 aliphatic rings. The smallest absolute Gasteiger partial charge is 0.0722 e. The number of hydrogen-bond acceptors (Lipinski definition) is 1. The summed E-state index contributed by atoms with van der Waals surface area (Å²) in [5.74, 6) is 0.608. The largest absolute Gasteiger partial charge is 0.376 e. The minimum Gasteiger partial charge on any atom is -0.376 e. The van der Waals surface area contributed by atoms with Crippen LogP contribution in [-0.2, 0) is 17.8 Å². The van der Waals surface area contributed by atoms with Crippen LogP contribution in [0.3, 0.4) is 0 Å². The van der Waals surface area contributed by atoms with Gasteiger partial charge in [-0.1, -0.05) is 32.0 Å². The summed E-state index contributed by atoms with van der Waals surface area (Å²) in [7, 11) is 0. The predicted molar refractivity (Wildman–Crippen MR) is 53.9 cm³/mol. The Morgan fingerprint density at radius 2 is 2.15 bits per heavy atom. The fourth-order valence-electron chi connectivity index (χ4n) is 1.96. The Balaban J connectivity index is 2.46. The second kappa shape index (κ2) is 3.51. The van der Waals surface area contributed by atoms with Gasteiger partial charge in [-0.05, 0) is 29.0 Å².